The Morgan fingerprint density at radius 1 is 1.19 bits per heavy atom. The minimum Gasteiger partial charge on any atom is -0.352 e. The van der Waals surface area contributed by atoms with Crippen molar-refractivity contribution < 1.29 is 27.2 Å². The van der Waals surface area contributed by atoms with Crippen LogP contribution >= 0.6 is 23.2 Å². The van der Waals surface area contributed by atoms with Gasteiger partial charge in [-0.15, -0.1) is 0 Å². The zero-order chi connectivity index (χ0) is 23.1. The zero-order valence-corrected chi connectivity index (χ0v) is 17.9. The molecule has 0 radical (unpaired) electrons. The van der Waals surface area contributed by atoms with E-state index in [2.05, 4.69) is 15.8 Å². The van der Waals surface area contributed by atoms with E-state index in [0.29, 0.717) is 0 Å². The van der Waals surface area contributed by atoms with Gasteiger partial charge in [0, 0.05) is 28.1 Å². The van der Waals surface area contributed by atoms with Gasteiger partial charge in [-0.25, -0.2) is 9.38 Å². The molecule has 11 heteroatoms. The molecule has 32 heavy (non-hydrogen) atoms. The number of hydrogen-bond acceptors (Lipinski definition) is 3. The van der Waals surface area contributed by atoms with Gasteiger partial charge in [-0.05, 0) is 54.8 Å². The van der Waals surface area contributed by atoms with E-state index in [4.69, 9.17) is 28.0 Å². The van der Waals surface area contributed by atoms with E-state index in [1.807, 2.05) is 0 Å². The van der Waals surface area contributed by atoms with Crippen LogP contribution in [-0.2, 0) is 21.8 Å². The number of alkyl halides is 3. The molecule has 1 saturated carbocycles. The largest absolute Gasteiger partial charge is 0.424 e. The lowest BCUT2D eigenvalue weighted by Gasteiger charge is -2.29. The van der Waals surface area contributed by atoms with Gasteiger partial charge < -0.3 is 5.32 Å². The van der Waals surface area contributed by atoms with Crippen molar-refractivity contribution in [3.63, 3.8) is 0 Å². The zero-order valence-electron chi connectivity index (χ0n) is 16.4. The number of nitrogens with zero attached hydrogens (tertiary/aromatic N) is 1. The first kappa shape index (κ1) is 22.8. The van der Waals surface area contributed by atoms with Crippen LogP contribution in [0.5, 0.6) is 0 Å². The second-order valence-corrected chi connectivity index (χ2v) is 8.56. The molecular weight excluding hydrogens is 473 g/mol. The highest BCUT2D eigenvalue weighted by molar-refractivity contribution is 6.34. The molecule has 1 atom stereocenters. The van der Waals surface area contributed by atoms with Crippen molar-refractivity contribution in [2.75, 3.05) is 0 Å². The first-order chi connectivity index (χ1) is 15.1. The summed E-state index contributed by atoms with van der Waals surface area (Å²) >= 11 is 11.8. The lowest BCUT2D eigenvalue weighted by atomic mass is 9.90. The molecule has 1 unspecified atom stereocenters. The third-order valence-electron chi connectivity index (χ3n) is 5.24. The van der Waals surface area contributed by atoms with Crippen LogP contribution in [0.3, 0.4) is 0 Å². The van der Waals surface area contributed by atoms with Crippen molar-refractivity contribution in [2.24, 2.45) is 10.9 Å². The summed E-state index contributed by atoms with van der Waals surface area (Å²) in [6.45, 7) is -0.0444. The van der Waals surface area contributed by atoms with E-state index in [-0.39, 0.29) is 51.1 Å². The lowest BCUT2D eigenvalue weighted by molar-refractivity contribution is -0.282. The van der Waals surface area contributed by atoms with Crippen LogP contribution in [-0.4, -0.2) is 17.9 Å². The smallest absolute Gasteiger partial charge is 0.352 e. The Balaban J connectivity index is 1.58. The second-order valence-electron chi connectivity index (χ2n) is 7.69. The van der Waals surface area contributed by atoms with E-state index < -0.39 is 24.0 Å². The van der Waals surface area contributed by atoms with Gasteiger partial charge in [0.05, 0.1) is 12.1 Å². The van der Waals surface area contributed by atoms with E-state index in [1.54, 1.807) is 0 Å². The molecule has 1 aliphatic carbocycles. The Kier molecular flexibility index (Phi) is 6.08. The lowest BCUT2D eigenvalue weighted by Crippen LogP contribution is -2.42. The summed E-state index contributed by atoms with van der Waals surface area (Å²) < 4.78 is 56.2. The average molecular weight is 490 g/mol. The van der Waals surface area contributed by atoms with E-state index in [0.717, 1.165) is 31.0 Å². The number of amidine groups is 1. The van der Waals surface area contributed by atoms with Crippen LogP contribution in [0.2, 0.25) is 10.0 Å². The average Bonchev–Trinajstić information content (AvgIpc) is 3.46. The molecule has 170 valence electrons. The van der Waals surface area contributed by atoms with Crippen molar-refractivity contribution in [2.45, 2.75) is 37.6 Å². The number of hydrogen-bond donors (Lipinski definition) is 2. The Bertz CT molecular complexity index is 1070. The first-order valence-electron chi connectivity index (χ1n) is 9.68. The quantitative estimate of drug-likeness (QED) is 0.539. The van der Waals surface area contributed by atoms with Gasteiger partial charge in [0.25, 0.3) is 0 Å². The van der Waals surface area contributed by atoms with Crippen LogP contribution < -0.4 is 10.8 Å². The van der Waals surface area contributed by atoms with Crippen LogP contribution in [0.25, 0.3) is 0 Å². The maximum Gasteiger partial charge on any atom is 0.424 e. The molecule has 2 aliphatic rings. The molecule has 0 bridgehead atoms. The molecule has 5 nitrogen and oxygen atoms in total. The fourth-order valence-corrected chi connectivity index (χ4v) is 3.91. The number of hydroxylamine groups is 1. The Hall–Kier alpha value is -2.36. The monoisotopic (exact) mass is 489 g/mol. The molecule has 1 amide bonds. The number of halogens is 6. The van der Waals surface area contributed by atoms with E-state index in [1.165, 1.54) is 18.2 Å². The molecule has 2 aromatic carbocycles. The number of aliphatic imine (C=N–C) groups is 1. The van der Waals surface area contributed by atoms with Gasteiger partial charge in [-0.2, -0.15) is 13.2 Å². The van der Waals surface area contributed by atoms with Crippen LogP contribution in [0, 0.1) is 11.7 Å². The Morgan fingerprint density at radius 2 is 1.88 bits per heavy atom. The van der Waals surface area contributed by atoms with Gasteiger partial charge >= 0.3 is 6.18 Å². The van der Waals surface area contributed by atoms with Crippen molar-refractivity contribution in [3.05, 3.63) is 63.4 Å². The Morgan fingerprint density at radius 3 is 2.50 bits per heavy atom. The molecular formula is C21H17Cl2F4N3O2. The molecule has 0 aromatic heterocycles. The number of carbonyl (C=O) groups is 1. The number of nitrogens with one attached hydrogen (secondary N) is 2. The number of rotatable bonds is 5. The van der Waals surface area contributed by atoms with Crippen molar-refractivity contribution >= 4 is 40.6 Å². The summed E-state index contributed by atoms with van der Waals surface area (Å²) in [4.78, 5) is 20.9. The maximum atomic E-state index is 14.1. The summed E-state index contributed by atoms with van der Waals surface area (Å²) in [7, 11) is 0. The number of carbonyl (C=O) groups excluding carboxylic acids is 1. The number of benzene rings is 2. The summed E-state index contributed by atoms with van der Waals surface area (Å²) in [6, 6.07) is 7.40. The summed E-state index contributed by atoms with van der Waals surface area (Å²) in [6.07, 6.45) is -3.86. The topological polar surface area (TPSA) is 62.7 Å². The fraction of sp³-hybridized carbons (Fsp3) is 0.333. The molecule has 2 aromatic rings. The highest BCUT2D eigenvalue weighted by Crippen LogP contribution is 2.48. The minimum absolute atomic E-state index is 0.0292. The predicted octanol–water partition coefficient (Wildman–Crippen LogP) is 5.57. The summed E-state index contributed by atoms with van der Waals surface area (Å²) in [5, 5.41) is 2.70. The predicted molar refractivity (Wildman–Crippen MR) is 111 cm³/mol. The van der Waals surface area contributed by atoms with Gasteiger partial charge in [0.1, 0.15) is 11.7 Å². The van der Waals surface area contributed by atoms with E-state index >= 15 is 0 Å². The standard InChI is InChI=1S/C21H17Cl2F4N3O2/c22-14-6-13(7-15(23)8-14)20(21(25,26)27)9-18(30-32-20)29-16-3-4-17(24)12(5-16)10-28-19(31)11-1-2-11/h3-8,11H,1-2,9-10H2,(H,28,31)(H,29,30). The van der Waals surface area contributed by atoms with Crippen molar-refractivity contribution in [3.8, 4) is 0 Å². The SMILES string of the molecule is O=C(NCc1cc(N=C2CC(c3cc(Cl)cc(Cl)c3)(C(F)(F)F)ON2)ccc1F)C1CC1. The second kappa shape index (κ2) is 8.53. The number of amides is 1. The fourth-order valence-electron chi connectivity index (χ4n) is 3.38. The molecule has 0 spiro atoms. The van der Waals surface area contributed by atoms with Gasteiger partial charge in [-0.1, -0.05) is 23.2 Å². The molecule has 1 saturated heterocycles. The normalized spacial score (nSPS) is 22.1. The van der Waals surface area contributed by atoms with Gasteiger partial charge in [-0.3, -0.25) is 15.1 Å². The summed E-state index contributed by atoms with van der Waals surface area (Å²) in [5.41, 5.74) is -0.422. The molecule has 2 N–H and O–H groups in total. The molecule has 4 rings (SSSR count). The van der Waals surface area contributed by atoms with Crippen LogP contribution in [0.1, 0.15) is 30.4 Å². The van der Waals surface area contributed by atoms with Crippen molar-refractivity contribution in [1.82, 2.24) is 10.8 Å². The summed E-state index contributed by atoms with van der Waals surface area (Å²) in [5.74, 6) is -0.851. The third kappa shape index (κ3) is 4.69. The maximum absolute atomic E-state index is 14.1. The highest BCUT2D eigenvalue weighted by Gasteiger charge is 2.62. The van der Waals surface area contributed by atoms with Crippen LogP contribution in [0.4, 0.5) is 23.2 Å². The molecule has 1 aliphatic heterocycles. The van der Waals surface area contributed by atoms with Gasteiger partial charge in [0.15, 0.2) is 0 Å². The third-order valence-corrected chi connectivity index (χ3v) is 5.68. The van der Waals surface area contributed by atoms with Crippen LogP contribution in [0.15, 0.2) is 41.4 Å². The minimum atomic E-state index is -4.81. The van der Waals surface area contributed by atoms with E-state index in [9.17, 15) is 22.4 Å². The van der Waals surface area contributed by atoms with Gasteiger partial charge in [0.2, 0.25) is 11.5 Å². The highest BCUT2D eigenvalue weighted by atomic mass is 35.5. The molecule has 2 fully saturated rings. The first-order valence-corrected chi connectivity index (χ1v) is 10.4. The molecule has 1 heterocycles. The van der Waals surface area contributed by atoms with Crippen molar-refractivity contribution in [1.29, 1.82) is 0 Å². The Labute approximate surface area is 190 Å².